The van der Waals surface area contributed by atoms with Crippen molar-refractivity contribution in [3.05, 3.63) is 48.0 Å². The predicted octanol–water partition coefficient (Wildman–Crippen LogP) is 5.77. The minimum absolute atomic E-state index is 0.129. The third-order valence-corrected chi connectivity index (χ3v) is 7.01. The molecule has 2 aliphatic rings. The van der Waals surface area contributed by atoms with Crippen LogP contribution in [0.5, 0.6) is 0 Å². The highest BCUT2D eigenvalue weighted by molar-refractivity contribution is 5.79. The smallest absolute Gasteiger partial charge is 0.133 e. The molecular formula is C28H40O5. The molecule has 1 aromatic carbocycles. The standard InChI is InChI=1S/C28H40O5/c1-31-27-24-20-23(30)17-13-8-6-4-3-5-7-12-16-22(29)18-19-25(24)33-26(28(27)32-2)21-14-10-9-11-15-21/h3-4,9-11,14-15,24-28H,5-8,12-13,16-20H2,1-2H3/b4-3+/t24-,25-,26+,27+,28+/m1/s1. The van der Waals surface area contributed by atoms with Crippen LogP contribution in [0.2, 0.25) is 0 Å². The molecule has 1 fully saturated rings. The van der Waals surface area contributed by atoms with E-state index in [4.69, 9.17) is 14.2 Å². The van der Waals surface area contributed by atoms with E-state index in [1.165, 1.54) is 0 Å². The summed E-state index contributed by atoms with van der Waals surface area (Å²) >= 11 is 0. The minimum Gasteiger partial charge on any atom is -0.378 e. The van der Waals surface area contributed by atoms with Crippen LogP contribution in [0.1, 0.15) is 82.3 Å². The van der Waals surface area contributed by atoms with Gasteiger partial charge in [0.15, 0.2) is 0 Å². The van der Waals surface area contributed by atoms with Gasteiger partial charge in [-0.25, -0.2) is 0 Å². The average molecular weight is 457 g/mol. The Morgan fingerprint density at radius 2 is 1.42 bits per heavy atom. The molecule has 33 heavy (non-hydrogen) atoms. The summed E-state index contributed by atoms with van der Waals surface area (Å²) in [7, 11) is 3.36. The molecule has 0 bridgehead atoms. The molecule has 5 atom stereocenters. The Morgan fingerprint density at radius 1 is 0.788 bits per heavy atom. The van der Waals surface area contributed by atoms with Crippen LogP contribution in [-0.2, 0) is 23.8 Å². The molecule has 0 unspecified atom stereocenters. The van der Waals surface area contributed by atoms with Gasteiger partial charge in [-0.1, -0.05) is 42.5 Å². The molecule has 0 N–H and O–H groups in total. The number of methoxy groups -OCH3 is 2. The number of Topliss-reactive ketones (excluding diaryl/α,β-unsaturated/α-hetero) is 2. The Labute approximate surface area is 198 Å². The van der Waals surface area contributed by atoms with Crippen molar-refractivity contribution in [2.75, 3.05) is 14.2 Å². The lowest BCUT2D eigenvalue weighted by Gasteiger charge is -2.46. The van der Waals surface area contributed by atoms with Crippen molar-refractivity contribution in [1.29, 1.82) is 0 Å². The maximum atomic E-state index is 12.9. The van der Waals surface area contributed by atoms with Gasteiger partial charge < -0.3 is 14.2 Å². The minimum atomic E-state index is -0.318. The molecule has 1 aliphatic carbocycles. The Morgan fingerprint density at radius 3 is 2.06 bits per heavy atom. The van der Waals surface area contributed by atoms with Crippen LogP contribution in [-0.4, -0.2) is 44.1 Å². The number of rotatable bonds is 3. The number of allylic oxidation sites excluding steroid dienone is 2. The van der Waals surface area contributed by atoms with Gasteiger partial charge in [0.2, 0.25) is 0 Å². The average Bonchev–Trinajstić information content (AvgIpc) is 2.84. The van der Waals surface area contributed by atoms with Crippen molar-refractivity contribution in [2.45, 2.75) is 95.0 Å². The van der Waals surface area contributed by atoms with Gasteiger partial charge in [0, 0.05) is 45.8 Å². The zero-order valence-electron chi connectivity index (χ0n) is 20.2. The fourth-order valence-electron chi connectivity index (χ4n) is 5.20. The quantitative estimate of drug-likeness (QED) is 0.540. The Bertz CT molecular complexity index is 759. The van der Waals surface area contributed by atoms with Crippen molar-refractivity contribution >= 4 is 11.6 Å². The van der Waals surface area contributed by atoms with E-state index in [1.807, 2.05) is 30.3 Å². The van der Waals surface area contributed by atoms with Gasteiger partial charge in [-0.15, -0.1) is 0 Å². The van der Waals surface area contributed by atoms with Gasteiger partial charge in [0.05, 0.1) is 12.2 Å². The summed E-state index contributed by atoms with van der Waals surface area (Å²) in [5.74, 6) is 0.384. The number of ketones is 2. The van der Waals surface area contributed by atoms with E-state index in [1.54, 1.807) is 14.2 Å². The molecule has 0 saturated carbocycles. The topological polar surface area (TPSA) is 61.8 Å². The lowest BCUT2D eigenvalue weighted by Crippen LogP contribution is -2.53. The normalized spacial score (nSPS) is 32.0. The zero-order valence-corrected chi connectivity index (χ0v) is 20.2. The molecule has 1 heterocycles. The van der Waals surface area contributed by atoms with Crippen molar-refractivity contribution in [3.63, 3.8) is 0 Å². The van der Waals surface area contributed by atoms with Crippen LogP contribution >= 0.6 is 0 Å². The number of benzene rings is 1. The van der Waals surface area contributed by atoms with Crippen molar-refractivity contribution in [1.82, 2.24) is 0 Å². The second-order valence-electron chi connectivity index (χ2n) is 9.35. The molecule has 1 aromatic rings. The Kier molecular flexibility index (Phi) is 10.8. The van der Waals surface area contributed by atoms with Crippen molar-refractivity contribution < 1.29 is 23.8 Å². The number of hydrogen-bond donors (Lipinski definition) is 0. The van der Waals surface area contributed by atoms with E-state index in [9.17, 15) is 9.59 Å². The molecule has 0 radical (unpaired) electrons. The highest BCUT2D eigenvalue weighted by atomic mass is 16.6. The molecule has 182 valence electrons. The van der Waals surface area contributed by atoms with E-state index in [-0.39, 0.29) is 41.9 Å². The number of carbonyl (C=O) groups excluding carboxylic acids is 2. The summed E-state index contributed by atoms with van der Waals surface area (Å²) in [6, 6.07) is 10.0. The van der Waals surface area contributed by atoms with E-state index in [2.05, 4.69) is 12.2 Å². The zero-order chi connectivity index (χ0) is 23.5. The number of ether oxygens (including phenoxy) is 3. The molecule has 0 spiro atoms. The molecule has 3 rings (SSSR count). The van der Waals surface area contributed by atoms with Crippen molar-refractivity contribution in [2.24, 2.45) is 5.92 Å². The van der Waals surface area contributed by atoms with Gasteiger partial charge in [0.1, 0.15) is 23.8 Å². The molecule has 1 saturated heterocycles. The fraction of sp³-hybridized carbons (Fsp3) is 0.643. The van der Waals surface area contributed by atoms with Crippen LogP contribution < -0.4 is 0 Å². The van der Waals surface area contributed by atoms with Gasteiger partial charge in [-0.2, -0.15) is 0 Å². The fourth-order valence-corrected chi connectivity index (χ4v) is 5.20. The molecule has 5 nitrogen and oxygen atoms in total. The third kappa shape index (κ3) is 7.59. The first-order valence-electron chi connectivity index (χ1n) is 12.6. The van der Waals surface area contributed by atoms with Crippen LogP contribution in [0.15, 0.2) is 42.5 Å². The van der Waals surface area contributed by atoms with Gasteiger partial charge in [-0.05, 0) is 50.5 Å². The first kappa shape index (κ1) is 25.8. The second-order valence-corrected chi connectivity index (χ2v) is 9.35. The van der Waals surface area contributed by atoms with E-state index >= 15 is 0 Å². The predicted molar refractivity (Wildman–Crippen MR) is 129 cm³/mol. The van der Waals surface area contributed by atoms with Crippen LogP contribution in [0.4, 0.5) is 0 Å². The molecule has 0 amide bonds. The van der Waals surface area contributed by atoms with Crippen LogP contribution in [0.3, 0.4) is 0 Å². The SMILES string of the molecule is CO[C@@H]1[C@@H](OC)[C@@H]2CC(=O)CCCC/C=C/CCCCC(=O)CC[C@H]2O[C@H]1c1ccccc1. The maximum Gasteiger partial charge on any atom is 0.133 e. The summed E-state index contributed by atoms with van der Waals surface area (Å²) in [4.78, 5) is 25.5. The van der Waals surface area contributed by atoms with Crippen LogP contribution in [0, 0.1) is 5.92 Å². The molecule has 5 heteroatoms. The van der Waals surface area contributed by atoms with Gasteiger partial charge >= 0.3 is 0 Å². The monoisotopic (exact) mass is 456 g/mol. The third-order valence-electron chi connectivity index (χ3n) is 7.01. The Balaban J connectivity index is 1.81. The van der Waals surface area contributed by atoms with Crippen LogP contribution in [0.25, 0.3) is 0 Å². The number of hydrogen-bond acceptors (Lipinski definition) is 5. The largest absolute Gasteiger partial charge is 0.378 e. The summed E-state index contributed by atoms with van der Waals surface area (Å²) in [5, 5.41) is 0. The number of carbonyl (C=O) groups is 2. The summed E-state index contributed by atoms with van der Waals surface area (Å²) in [5.41, 5.74) is 1.03. The second kappa shape index (κ2) is 13.8. The molecule has 0 aromatic heterocycles. The van der Waals surface area contributed by atoms with E-state index in [0.29, 0.717) is 32.1 Å². The molecular weight excluding hydrogens is 416 g/mol. The summed E-state index contributed by atoms with van der Waals surface area (Å²) < 4.78 is 18.5. The summed E-state index contributed by atoms with van der Waals surface area (Å²) in [6.07, 6.45) is 11.9. The highest BCUT2D eigenvalue weighted by Crippen LogP contribution is 2.41. The van der Waals surface area contributed by atoms with Crippen molar-refractivity contribution in [3.8, 4) is 0 Å². The maximum absolute atomic E-state index is 12.9. The lowest BCUT2D eigenvalue weighted by atomic mass is 9.79. The lowest BCUT2D eigenvalue weighted by molar-refractivity contribution is -0.221. The number of fused-ring (bicyclic) bond motifs is 1. The molecule has 1 aliphatic heterocycles. The first-order valence-corrected chi connectivity index (χ1v) is 12.6. The summed E-state index contributed by atoms with van der Waals surface area (Å²) in [6.45, 7) is 0. The van der Waals surface area contributed by atoms with Gasteiger partial charge in [0.25, 0.3) is 0 Å². The Hall–Kier alpha value is -1.82. The highest BCUT2D eigenvalue weighted by Gasteiger charge is 2.47. The first-order chi connectivity index (χ1) is 16.1. The van der Waals surface area contributed by atoms with E-state index in [0.717, 1.165) is 44.1 Å². The van der Waals surface area contributed by atoms with E-state index < -0.39 is 0 Å². The van der Waals surface area contributed by atoms with Gasteiger partial charge in [-0.3, -0.25) is 9.59 Å².